The number of hydrogen-bond acceptors (Lipinski definition) is 0. The van der Waals surface area contributed by atoms with Gasteiger partial charge in [-0.15, -0.1) is 0 Å². The lowest BCUT2D eigenvalue weighted by Crippen LogP contribution is -1.91. The SMILES string of the molecule is Cc1ccc2ccccc2c1-c1c(C)ccc2ccccc12.Cc1ccccc1-c1c(C)ccc2ccccc12. The van der Waals surface area contributed by atoms with E-state index in [0.29, 0.717) is 0 Å². The van der Waals surface area contributed by atoms with Crippen molar-refractivity contribution < 1.29 is 0 Å². The summed E-state index contributed by atoms with van der Waals surface area (Å²) in [6, 6.07) is 47.9. The van der Waals surface area contributed by atoms with Gasteiger partial charge in [-0.2, -0.15) is 0 Å². The predicted molar refractivity (Wildman–Crippen MR) is 175 cm³/mol. The molecule has 40 heavy (non-hydrogen) atoms. The lowest BCUT2D eigenvalue weighted by molar-refractivity contribution is 1.43. The van der Waals surface area contributed by atoms with Crippen LogP contribution in [0.1, 0.15) is 22.3 Å². The largest absolute Gasteiger partial charge is 0.0620 e. The number of rotatable bonds is 2. The Labute approximate surface area is 237 Å². The Morgan fingerprint density at radius 2 is 0.625 bits per heavy atom. The Morgan fingerprint density at radius 3 is 1.07 bits per heavy atom. The first-order chi connectivity index (χ1) is 19.5. The maximum atomic E-state index is 2.24. The molecule has 0 aromatic heterocycles. The summed E-state index contributed by atoms with van der Waals surface area (Å²) in [4.78, 5) is 0. The molecular formula is C40H34. The quantitative estimate of drug-likeness (QED) is 0.215. The van der Waals surface area contributed by atoms with Gasteiger partial charge in [-0.05, 0) is 105 Å². The van der Waals surface area contributed by atoms with Crippen molar-refractivity contribution >= 4 is 32.3 Å². The minimum atomic E-state index is 1.30. The van der Waals surface area contributed by atoms with E-state index in [2.05, 4.69) is 161 Å². The third-order valence-corrected chi connectivity index (χ3v) is 8.08. The van der Waals surface area contributed by atoms with Crippen LogP contribution in [-0.2, 0) is 0 Å². The molecule has 0 spiro atoms. The van der Waals surface area contributed by atoms with Crippen molar-refractivity contribution in [2.45, 2.75) is 27.7 Å². The molecule has 0 aliphatic carbocycles. The molecule has 0 amide bonds. The van der Waals surface area contributed by atoms with Gasteiger partial charge in [-0.25, -0.2) is 0 Å². The second kappa shape index (κ2) is 10.8. The van der Waals surface area contributed by atoms with Crippen LogP contribution in [0.15, 0.2) is 133 Å². The summed E-state index contributed by atoms with van der Waals surface area (Å²) in [5.74, 6) is 0. The van der Waals surface area contributed by atoms with Gasteiger partial charge in [0.1, 0.15) is 0 Å². The van der Waals surface area contributed by atoms with Crippen molar-refractivity contribution in [3.8, 4) is 22.3 Å². The van der Waals surface area contributed by atoms with E-state index in [-0.39, 0.29) is 0 Å². The summed E-state index contributed by atoms with van der Waals surface area (Å²) < 4.78 is 0. The van der Waals surface area contributed by atoms with Crippen LogP contribution >= 0.6 is 0 Å². The highest BCUT2D eigenvalue weighted by atomic mass is 14.2. The van der Waals surface area contributed by atoms with Crippen molar-refractivity contribution in [3.63, 3.8) is 0 Å². The Bertz CT molecular complexity index is 1910. The molecule has 0 aliphatic heterocycles. The number of benzene rings is 7. The Balaban J connectivity index is 0.000000148. The third kappa shape index (κ3) is 4.67. The second-order valence-electron chi connectivity index (χ2n) is 10.8. The Morgan fingerprint density at radius 1 is 0.275 bits per heavy atom. The average Bonchev–Trinajstić information content (AvgIpc) is 2.99. The molecule has 0 N–H and O–H groups in total. The van der Waals surface area contributed by atoms with E-state index in [0.717, 1.165) is 0 Å². The van der Waals surface area contributed by atoms with Crippen molar-refractivity contribution in [2.75, 3.05) is 0 Å². The Kier molecular flexibility index (Phi) is 6.93. The molecule has 7 aromatic rings. The summed E-state index contributed by atoms with van der Waals surface area (Å²) in [5.41, 5.74) is 10.8. The molecule has 7 aromatic carbocycles. The van der Waals surface area contributed by atoms with Crippen LogP contribution in [0.4, 0.5) is 0 Å². The van der Waals surface area contributed by atoms with E-state index in [1.165, 1.54) is 76.8 Å². The van der Waals surface area contributed by atoms with Gasteiger partial charge in [0.2, 0.25) is 0 Å². The van der Waals surface area contributed by atoms with E-state index in [9.17, 15) is 0 Å². The van der Waals surface area contributed by atoms with Gasteiger partial charge in [0.05, 0.1) is 0 Å². The zero-order valence-corrected chi connectivity index (χ0v) is 23.7. The molecule has 0 atom stereocenters. The average molecular weight is 515 g/mol. The minimum Gasteiger partial charge on any atom is -0.0620 e. The van der Waals surface area contributed by atoms with Crippen LogP contribution < -0.4 is 0 Å². The highest BCUT2D eigenvalue weighted by molar-refractivity contribution is 6.07. The van der Waals surface area contributed by atoms with Crippen LogP contribution in [0.25, 0.3) is 54.6 Å². The standard InChI is InChI=1S/C22H18.C18H16/c1-15-11-13-17-7-3-5-9-19(17)21(15)22-16(2)12-14-18-8-4-6-10-20(18)22;1-13-7-3-5-9-16(13)18-14(2)11-12-15-8-4-6-10-17(15)18/h3-14H,1-2H3;3-12H,1-2H3. The molecule has 0 radical (unpaired) electrons. The number of hydrogen-bond donors (Lipinski definition) is 0. The van der Waals surface area contributed by atoms with Crippen molar-refractivity contribution in [3.05, 3.63) is 156 Å². The monoisotopic (exact) mass is 514 g/mol. The van der Waals surface area contributed by atoms with Crippen molar-refractivity contribution in [1.29, 1.82) is 0 Å². The van der Waals surface area contributed by atoms with Gasteiger partial charge in [-0.1, -0.05) is 133 Å². The number of fused-ring (bicyclic) bond motifs is 3. The van der Waals surface area contributed by atoms with Crippen LogP contribution in [-0.4, -0.2) is 0 Å². The first kappa shape index (κ1) is 25.6. The van der Waals surface area contributed by atoms with Gasteiger partial charge in [0.25, 0.3) is 0 Å². The molecule has 7 rings (SSSR count). The van der Waals surface area contributed by atoms with E-state index < -0.39 is 0 Å². The normalized spacial score (nSPS) is 11.0. The number of aryl methyl sites for hydroxylation is 4. The predicted octanol–water partition coefficient (Wildman–Crippen LogP) is 11.4. The molecule has 194 valence electrons. The fourth-order valence-corrected chi connectivity index (χ4v) is 6.02. The fourth-order valence-electron chi connectivity index (χ4n) is 6.02. The molecule has 0 nitrogen and oxygen atoms in total. The second-order valence-corrected chi connectivity index (χ2v) is 10.8. The van der Waals surface area contributed by atoms with E-state index in [1.807, 2.05) is 0 Å². The fraction of sp³-hybridized carbons (Fsp3) is 0.100. The molecular weight excluding hydrogens is 480 g/mol. The van der Waals surface area contributed by atoms with Gasteiger partial charge in [0.15, 0.2) is 0 Å². The van der Waals surface area contributed by atoms with Gasteiger partial charge < -0.3 is 0 Å². The lowest BCUT2D eigenvalue weighted by atomic mass is 9.88. The zero-order chi connectivity index (χ0) is 27.6. The summed E-state index contributed by atoms with van der Waals surface area (Å²) in [5, 5.41) is 7.92. The summed E-state index contributed by atoms with van der Waals surface area (Å²) >= 11 is 0. The summed E-state index contributed by atoms with van der Waals surface area (Å²) in [7, 11) is 0. The first-order valence-electron chi connectivity index (χ1n) is 14.0. The minimum absolute atomic E-state index is 1.30. The van der Waals surface area contributed by atoms with E-state index in [4.69, 9.17) is 0 Å². The molecule has 0 bridgehead atoms. The maximum Gasteiger partial charge on any atom is -0.00672 e. The van der Waals surface area contributed by atoms with Gasteiger partial charge >= 0.3 is 0 Å². The zero-order valence-electron chi connectivity index (χ0n) is 23.7. The van der Waals surface area contributed by atoms with Gasteiger partial charge in [-0.3, -0.25) is 0 Å². The van der Waals surface area contributed by atoms with Crippen LogP contribution in [0.5, 0.6) is 0 Å². The van der Waals surface area contributed by atoms with Crippen LogP contribution in [0, 0.1) is 27.7 Å². The highest BCUT2D eigenvalue weighted by Gasteiger charge is 2.13. The molecule has 0 saturated carbocycles. The smallest absolute Gasteiger partial charge is 0.00672 e. The highest BCUT2D eigenvalue weighted by Crippen LogP contribution is 2.38. The Hall–Kier alpha value is -4.68. The molecule has 0 aliphatic rings. The van der Waals surface area contributed by atoms with Crippen LogP contribution in [0.3, 0.4) is 0 Å². The van der Waals surface area contributed by atoms with E-state index >= 15 is 0 Å². The third-order valence-electron chi connectivity index (χ3n) is 8.08. The van der Waals surface area contributed by atoms with Crippen LogP contribution in [0.2, 0.25) is 0 Å². The summed E-state index contributed by atoms with van der Waals surface area (Å²) in [6.45, 7) is 8.79. The molecule has 0 heteroatoms. The van der Waals surface area contributed by atoms with Gasteiger partial charge in [0, 0.05) is 0 Å². The summed E-state index contributed by atoms with van der Waals surface area (Å²) in [6.07, 6.45) is 0. The molecule has 0 unspecified atom stereocenters. The molecule has 0 heterocycles. The van der Waals surface area contributed by atoms with Crippen molar-refractivity contribution in [1.82, 2.24) is 0 Å². The van der Waals surface area contributed by atoms with E-state index in [1.54, 1.807) is 0 Å². The first-order valence-corrected chi connectivity index (χ1v) is 14.0. The molecule has 0 saturated heterocycles. The topological polar surface area (TPSA) is 0 Å². The molecule has 0 fully saturated rings. The van der Waals surface area contributed by atoms with Crippen molar-refractivity contribution in [2.24, 2.45) is 0 Å². The lowest BCUT2D eigenvalue weighted by Gasteiger charge is -2.16. The maximum absolute atomic E-state index is 2.24.